The fraction of sp³-hybridized carbons (Fsp3) is 0.400. The molecule has 0 atom stereocenters. The van der Waals surface area contributed by atoms with Gasteiger partial charge in [0.25, 0.3) is 0 Å². The Morgan fingerprint density at radius 1 is 1.36 bits per heavy atom. The van der Waals surface area contributed by atoms with E-state index in [1.165, 1.54) is 0 Å². The van der Waals surface area contributed by atoms with Crippen LogP contribution in [0, 0.1) is 0 Å². The van der Waals surface area contributed by atoms with Crippen LogP contribution in [0.15, 0.2) is 22.7 Å². The molecule has 0 amide bonds. The van der Waals surface area contributed by atoms with E-state index in [0.29, 0.717) is 13.2 Å². The third-order valence-electron chi connectivity index (χ3n) is 1.77. The van der Waals surface area contributed by atoms with E-state index in [-0.39, 0.29) is 6.61 Å². The molecular formula is C10H12BrClO2. The van der Waals surface area contributed by atoms with E-state index in [4.69, 9.17) is 21.4 Å². The average molecular weight is 280 g/mol. The molecule has 14 heavy (non-hydrogen) atoms. The molecule has 0 radical (unpaired) electrons. The molecule has 0 fully saturated rings. The molecule has 0 aliphatic rings. The SMILES string of the molecule is OCCOCCc1ccc(Br)cc1Cl. The van der Waals surface area contributed by atoms with Gasteiger partial charge < -0.3 is 9.84 Å². The first-order valence-corrected chi connectivity index (χ1v) is 5.53. The van der Waals surface area contributed by atoms with E-state index in [2.05, 4.69) is 15.9 Å². The second kappa shape index (κ2) is 6.40. The molecule has 0 saturated heterocycles. The van der Waals surface area contributed by atoms with Crippen molar-refractivity contribution >= 4 is 27.5 Å². The average Bonchev–Trinajstić information content (AvgIpc) is 2.15. The number of aliphatic hydroxyl groups excluding tert-OH is 1. The van der Waals surface area contributed by atoms with Gasteiger partial charge in [-0.1, -0.05) is 33.6 Å². The van der Waals surface area contributed by atoms with Crippen LogP contribution in [0.25, 0.3) is 0 Å². The molecule has 1 aromatic rings. The van der Waals surface area contributed by atoms with Gasteiger partial charge in [-0.3, -0.25) is 0 Å². The molecule has 4 heteroatoms. The summed E-state index contributed by atoms with van der Waals surface area (Å²) in [6.07, 6.45) is 0.770. The Morgan fingerprint density at radius 2 is 2.14 bits per heavy atom. The lowest BCUT2D eigenvalue weighted by molar-refractivity contribution is 0.0944. The second-order valence-corrected chi connectivity index (χ2v) is 4.14. The standard InChI is InChI=1S/C10H12BrClO2/c11-9-2-1-8(10(12)7-9)3-5-14-6-4-13/h1-2,7,13H,3-6H2. The normalized spacial score (nSPS) is 10.5. The van der Waals surface area contributed by atoms with Gasteiger partial charge in [0.1, 0.15) is 0 Å². The van der Waals surface area contributed by atoms with Gasteiger partial charge in [-0.05, 0) is 24.1 Å². The highest BCUT2D eigenvalue weighted by Gasteiger charge is 2.00. The highest BCUT2D eigenvalue weighted by atomic mass is 79.9. The lowest BCUT2D eigenvalue weighted by Crippen LogP contribution is -2.03. The summed E-state index contributed by atoms with van der Waals surface area (Å²) in [4.78, 5) is 0. The third-order valence-corrected chi connectivity index (χ3v) is 2.61. The molecule has 0 heterocycles. The fourth-order valence-electron chi connectivity index (χ4n) is 1.07. The molecule has 0 bridgehead atoms. The number of hydrogen-bond donors (Lipinski definition) is 1. The zero-order chi connectivity index (χ0) is 10.4. The van der Waals surface area contributed by atoms with Gasteiger partial charge in [0.15, 0.2) is 0 Å². The van der Waals surface area contributed by atoms with Crippen LogP contribution < -0.4 is 0 Å². The maximum Gasteiger partial charge on any atom is 0.0697 e. The molecule has 0 unspecified atom stereocenters. The molecule has 0 aliphatic carbocycles. The quantitative estimate of drug-likeness (QED) is 0.840. The minimum atomic E-state index is 0.0636. The van der Waals surface area contributed by atoms with E-state index in [1.807, 2.05) is 18.2 Å². The first-order valence-electron chi connectivity index (χ1n) is 4.36. The lowest BCUT2D eigenvalue weighted by Gasteiger charge is -2.05. The number of aliphatic hydroxyl groups is 1. The molecule has 0 aromatic heterocycles. The van der Waals surface area contributed by atoms with Crippen LogP contribution >= 0.6 is 27.5 Å². The van der Waals surface area contributed by atoms with E-state index in [0.717, 1.165) is 21.5 Å². The highest BCUT2D eigenvalue weighted by molar-refractivity contribution is 9.10. The van der Waals surface area contributed by atoms with Crippen molar-refractivity contribution in [2.24, 2.45) is 0 Å². The van der Waals surface area contributed by atoms with Crippen molar-refractivity contribution < 1.29 is 9.84 Å². The summed E-state index contributed by atoms with van der Waals surface area (Å²) >= 11 is 9.35. The van der Waals surface area contributed by atoms with Crippen molar-refractivity contribution in [3.63, 3.8) is 0 Å². The van der Waals surface area contributed by atoms with E-state index in [9.17, 15) is 0 Å². The summed E-state index contributed by atoms with van der Waals surface area (Å²) in [5.74, 6) is 0. The van der Waals surface area contributed by atoms with Crippen molar-refractivity contribution in [2.45, 2.75) is 6.42 Å². The zero-order valence-corrected chi connectivity index (χ0v) is 10.0. The van der Waals surface area contributed by atoms with Crippen LogP contribution in [0.5, 0.6) is 0 Å². The summed E-state index contributed by atoms with van der Waals surface area (Å²) in [6.45, 7) is 1.03. The highest BCUT2D eigenvalue weighted by Crippen LogP contribution is 2.21. The summed E-state index contributed by atoms with van der Waals surface area (Å²) in [7, 11) is 0. The summed E-state index contributed by atoms with van der Waals surface area (Å²) in [5, 5.41) is 9.24. The first-order chi connectivity index (χ1) is 6.74. The predicted molar refractivity (Wildman–Crippen MR) is 60.8 cm³/mol. The van der Waals surface area contributed by atoms with Crippen molar-refractivity contribution in [3.8, 4) is 0 Å². The van der Waals surface area contributed by atoms with Crippen LogP contribution in [0.1, 0.15) is 5.56 Å². The second-order valence-electron chi connectivity index (χ2n) is 2.82. The van der Waals surface area contributed by atoms with Crippen molar-refractivity contribution in [1.82, 2.24) is 0 Å². The number of benzene rings is 1. The number of hydrogen-bond acceptors (Lipinski definition) is 2. The molecule has 1 N–H and O–H groups in total. The summed E-state index contributed by atoms with van der Waals surface area (Å²) < 4.78 is 6.13. The zero-order valence-electron chi connectivity index (χ0n) is 7.67. The van der Waals surface area contributed by atoms with Crippen molar-refractivity contribution in [3.05, 3.63) is 33.3 Å². The largest absolute Gasteiger partial charge is 0.394 e. The van der Waals surface area contributed by atoms with E-state index >= 15 is 0 Å². The van der Waals surface area contributed by atoms with E-state index in [1.54, 1.807) is 0 Å². The van der Waals surface area contributed by atoms with Crippen molar-refractivity contribution in [1.29, 1.82) is 0 Å². The van der Waals surface area contributed by atoms with Crippen LogP contribution in [-0.4, -0.2) is 24.9 Å². The molecule has 78 valence electrons. The van der Waals surface area contributed by atoms with Crippen LogP contribution in [0.2, 0.25) is 5.02 Å². The van der Waals surface area contributed by atoms with Crippen LogP contribution in [0.4, 0.5) is 0 Å². The maximum atomic E-state index is 8.50. The molecule has 2 nitrogen and oxygen atoms in total. The first kappa shape index (κ1) is 12.0. The Bertz CT molecular complexity index is 291. The van der Waals surface area contributed by atoms with Gasteiger partial charge in [0.05, 0.1) is 19.8 Å². The number of halogens is 2. The topological polar surface area (TPSA) is 29.5 Å². The van der Waals surface area contributed by atoms with Gasteiger partial charge in [-0.2, -0.15) is 0 Å². The molecule has 0 aliphatic heterocycles. The molecule has 0 saturated carbocycles. The smallest absolute Gasteiger partial charge is 0.0697 e. The minimum Gasteiger partial charge on any atom is -0.394 e. The van der Waals surface area contributed by atoms with E-state index < -0.39 is 0 Å². The van der Waals surface area contributed by atoms with Gasteiger partial charge in [0.2, 0.25) is 0 Å². The number of ether oxygens (including phenoxy) is 1. The predicted octanol–water partition coefficient (Wildman–Crippen LogP) is 2.65. The van der Waals surface area contributed by atoms with Crippen molar-refractivity contribution in [2.75, 3.05) is 19.8 Å². The summed E-state index contributed by atoms with van der Waals surface area (Å²) in [6, 6.07) is 5.78. The Balaban J connectivity index is 2.42. The fourth-order valence-corrected chi connectivity index (χ4v) is 1.84. The van der Waals surface area contributed by atoms with Crippen LogP contribution in [0.3, 0.4) is 0 Å². The Morgan fingerprint density at radius 3 is 2.79 bits per heavy atom. The lowest BCUT2D eigenvalue weighted by atomic mass is 10.2. The minimum absolute atomic E-state index is 0.0636. The summed E-state index contributed by atoms with van der Waals surface area (Å²) in [5.41, 5.74) is 1.06. The Kier molecular flexibility index (Phi) is 5.48. The van der Waals surface area contributed by atoms with Crippen LogP contribution in [-0.2, 0) is 11.2 Å². The van der Waals surface area contributed by atoms with Gasteiger partial charge in [-0.25, -0.2) is 0 Å². The number of rotatable bonds is 5. The molecule has 1 aromatic carbocycles. The van der Waals surface area contributed by atoms with Gasteiger partial charge >= 0.3 is 0 Å². The monoisotopic (exact) mass is 278 g/mol. The van der Waals surface area contributed by atoms with Gasteiger partial charge in [0, 0.05) is 9.50 Å². The molecular weight excluding hydrogens is 267 g/mol. The Labute approximate surface area is 97.0 Å². The maximum absolute atomic E-state index is 8.50. The third kappa shape index (κ3) is 3.96. The Hall–Kier alpha value is -0.0900. The molecule has 0 spiro atoms. The molecule has 1 rings (SSSR count). The van der Waals surface area contributed by atoms with Gasteiger partial charge in [-0.15, -0.1) is 0 Å².